The molecule has 1 heterocycles. The zero-order valence-electron chi connectivity index (χ0n) is 9.99. The summed E-state index contributed by atoms with van der Waals surface area (Å²) in [6, 6.07) is 0. The van der Waals surface area contributed by atoms with Crippen LogP contribution in [0.15, 0.2) is 17.0 Å². The molecule has 0 aliphatic heterocycles. The largest absolute Gasteiger partial charge is 0.388 e. The molecule has 0 radical (unpaired) electrons. The van der Waals surface area contributed by atoms with Gasteiger partial charge in [0.05, 0.1) is 10.1 Å². The molecule has 0 amide bonds. The highest BCUT2D eigenvalue weighted by Gasteiger charge is 2.32. The Balaban J connectivity index is 1.95. The summed E-state index contributed by atoms with van der Waals surface area (Å²) in [5.74, 6) is 1.34. The number of hydrogen-bond donors (Lipinski definition) is 2. The first kappa shape index (κ1) is 12.8. The number of halogens is 1. The zero-order chi connectivity index (χ0) is 12.3. The van der Waals surface area contributed by atoms with Gasteiger partial charge in [-0.1, -0.05) is 19.8 Å². The Morgan fingerprint density at radius 3 is 3.18 bits per heavy atom. The first-order valence-corrected chi connectivity index (χ1v) is 6.80. The summed E-state index contributed by atoms with van der Waals surface area (Å²) in [4.78, 5) is 8.04. The molecular weight excluding hydrogens is 282 g/mol. The Morgan fingerprint density at radius 2 is 2.47 bits per heavy atom. The molecule has 2 atom stereocenters. The van der Waals surface area contributed by atoms with Gasteiger partial charge in [0.2, 0.25) is 0 Å². The number of aromatic nitrogens is 2. The summed E-state index contributed by atoms with van der Waals surface area (Å²) in [7, 11) is 0. The second-order valence-corrected chi connectivity index (χ2v) is 5.85. The molecule has 4 nitrogen and oxygen atoms in total. The molecule has 2 rings (SSSR count). The van der Waals surface area contributed by atoms with Gasteiger partial charge >= 0.3 is 0 Å². The zero-order valence-corrected chi connectivity index (χ0v) is 11.6. The molecule has 1 aromatic rings. The van der Waals surface area contributed by atoms with Gasteiger partial charge in [0.1, 0.15) is 12.1 Å². The Morgan fingerprint density at radius 1 is 1.65 bits per heavy atom. The van der Waals surface area contributed by atoms with Crippen molar-refractivity contribution in [2.24, 2.45) is 5.92 Å². The smallest absolute Gasteiger partial charge is 0.143 e. The van der Waals surface area contributed by atoms with Gasteiger partial charge in [-0.05, 0) is 34.7 Å². The second-order valence-electron chi connectivity index (χ2n) is 5.00. The number of rotatable bonds is 3. The number of hydrogen-bond acceptors (Lipinski definition) is 4. The first-order chi connectivity index (χ1) is 8.09. The molecule has 2 unspecified atom stereocenters. The molecule has 0 bridgehead atoms. The monoisotopic (exact) mass is 299 g/mol. The highest BCUT2D eigenvalue weighted by molar-refractivity contribution is 9.10. The van der Waals surface area contributed by atoms with Crippen molar-refractivity contribution in [3.63, 3.8) is 0 Å². The number of nitrogens with one attached hydrogen (secondary N) is 1. The van der Waals surface area contributed by atoms with Crippen molar-refractivity contribution in [3.8, 4) is 0 Å². The van der Waals surface area contributed by atoms with Crippen LogP contribution in [0.2, 0.25) is 0 Å². The Bertz CT molecular complexity index is 388. The van der Waals surface area contributed by atoms with Gasteiger partial charge in [0.25, 0.3) is 0 Å². The molecule has 1 aliphatic rings. The van der Waals surface area contributed by atoms with Crippen molar-refractivity contribution in [2.45, 2.75) is 38.2 Å². The molecule has 1 fully saturated rings. The van der Waals surface area contributed by atoms with E-state index >= 15 is 0 Å². The molecule has 0 spiro atoms. The Kier molecular flexibility index (Phi) is 3.99. The van der Waals surface area contributed by atoms with Gasteiger partial charge in [-0.25, -0.2) is 9.97 Å². The molecule has 5 heteroatoms. The molecule has 2 N–H and O–H groups in total. The van der Waals surface area contributed by atoms with Crippen molar-refractivity contribution in [2.75, 3.05) is 11.9 Å². The number of aliphatic hydroxyl groups is 1. The van der Waals surface area contributed by atoms with Crippen LogP contribution in [0.5, 0.6) is 0 Å². The molecule has 0 saturated heterocycles. The van der Waals surface area contributed by atoms with Crippen molar-refractivity contribution in [1.82, 2.24) is 9.97 Å². The minimum absolute atomic E-state index is 0.549. The van der Waals surface area contributed by atoms with Gasteiger partial charge in [-0.2, -0.15) is 0 Å². The van der Waals surface area contributed by atoms with Crippen LogP contribution in [0.4, 0.5) is 5.82 Å². The van der Waals surface area contributed by atoms with Gasteiger partial charge < -0.3 is 10.4 Å². The quantitative estimate of drug-likeness (QED) is 0.901. The maximum atomic E-state index is 10.5. The lowest BCUT2D eigenvalue weighted by molar-refractivity contribution is -0.000838. The third-order valence-corrected chi connectivity index (χ3v) is 3.90. The fourth-order valence-corrected chi connectivity index (χ4v) is 2.84. The molecule has 1 aliphatic carbocycles. The predicted molar refractivity (Wildman–Crippen MR) is 70.8 cm³/mol. The van der Waals surface area contributed by atoms with E-state index in [4.69, 9.17) is 0 Å². The highest BCUT2D eigenvalue weighted by atomic mass is 79.9. The second kappa shape index (κ2) is 5.31. The van der Waals surface area contributed by atoms with E-state index < -0.39 is 5.60 Å². The maximum absolute atomic E-state index is 10.5. The van der Waals surface area contributed by atoms with Crippen LogP contribution in [0.1, 0.15) is 32.6 Å². The summed E-state index contributed by atoms with van der Waals surface area (Å²) < 4.78 is 0.826. The van der Waals surface area contributed by atoms with Crippen molar-refractivity contribution >= 4 is 21.7 Å². The summed E-state index contributed by atoms with van der Waals surface area (Å²) in [5.41, 5.74) is -0.595. The van der Waals surface area contributed by atoms with E-state index in [0.29, 0.717) is 12.5 Å². The fourth-order valence-electron chi connectivity index (χ4n) is 2.48. The van der Waals surface area contributed by atoms with E-state index in [0.717, 1.165) is 29.6 Å². The van der Waals surface area contributed by atoms with Gasteiger partial charge in [-0.3, -0.25) is 0 Å². The normalized spacial score (nSPS) is 29.0. The average molecular weight is 300 g/mol. The maximum Gasteiger partial charge on any atom is 0.143 e. The summed E-state index contributed by atoms with van der Waals surface area (Å²) >= 11 is 3.38. The van der Waals surface area contributed by atoms with E-state index in [1.165, 1.54) is 12.7 Å². The summed E-state index contributed by atoms with van der Waals surface area (Å²) in [6.45, 7) is 2.75. The van der Waals surface area contributed by atoms with E-state index in [-0.39, 0.29) is 0 Å². The molecule has 1 aromatic heterocycles. The third kappa shape index (κ3) is 3.39. The van der Waals surface area contributed by atoms with Crippen molar-refractivity contribution < 1.29 is 5.11 Å². The van der Waals surface area contributed by atoms with Crippen LogP contribution in [-0.2, 0) is 0 Å². The third-order valence-electron chi connectivity index (χ3n) is 3.32. The predicted octanol–water partition coefficient (Wildman–Crippen LogP) is 2.59. The summed E-state index contributed by atoms with van der Waals surface area (Å²) in [5, 5.41) is 13.7. The molecular formula is C12H18BrN3O. The molecule has 0 aromatic carbocycles. The van der Waals surface area contributed by atoms with Crippen molar-refractivity contribution in [1.29, 1.82) is 0 Å². The topological polar surface area (TPSA) is 58.0 Å². The fraction of sp³-hybridized carbons (Fsp3) is 0.667. The molecule has 1 saturated carbocycles. The van der Waals surface area contributed by atoms with Crippen LogP contribution in [0, 0.1) is 5.92 Å². The van der Waals surface area contributed by atoms with E-state index in [1.807, 2.05) is 0 Å². The minimum atomic E-state index is -0.595. The highest BCUT2D eigenvalue weighted by Crippen LogP contribution is 2.32. The van der Waals surface area contributed by atoms with Crippen molar-refractivity contribution in [3.05, 3.63) is 17.0 Å². The minimum Gasteiger partial charge on any atom is -0.388 e. The van der Waals surface area contributed by atoms with E-state index in [9.17, 15) is 5.11 Å². The van der Waals surface area contributed by atoms with Gasteiger partial charge in [-0.15, -0.1) is 0 Å². The van der Waals surface area contributed by atoms with Gasteiger partial charge in [0.15, 0.2) is 0 Å². The first-order valence-electron chi connectivity index (χ1n) is 6.01. The van der Waals surface area contributed by atoms with Crippen LogP contribution in [0.3, 0.4) is 0 Å². The Labute approximate surface area is 110 Å². The molecule has 94 valence electrons. The van der Waals surface area contributed by atoms with Crippen LogP contribution in [0.25, 0.3) is 0 Å². The van der Waals surface area contributed by atoms with Gasteiger partial charge in [0, 0.05) is 12.7 Å². The standard InChI is InChI=1S/C12H18BrN3O/c1-9-3-2-4-12(17,5-9)7-15-11-10(13)6-14-8-16-11/h6,8-9,17H,2-5,7H2,1H3,(H,14,15,16). The van der Waals surface area contributed by atoms with Crippen LogP contribution in [-0.4, -0.2) is 27.2 Å². The molecule has 17 heavy (non-hydrogen) atoms. The van der Waals surface area contributed by atoms with E-state index in [2.05, 4.69) is 38.1 Å². The van der Waals surface area contributed by atoms with Crippen LogP contribution < -0.4 is 5.32 Å². The van der Waals surface area contributed by atoms with E-state index in [1.54, 1.807) is 6.20 Å². The van der Waals surface area contributed by atoms with Crippen LogP contribution >= 0.6 is 15.9 Å². The summed E-state index contributed by atoms with van der Waals surface area (Å²) in [6.07, 6.45) is 7.25. The average Bonchev–Trinajstić information content (AvgIpc) is 2.28. The lowest BCUT2D eigenvalue weighted by Crippen LogP contribution is -2.41. The SMILES string of the molecule is CC1CCCC(O)(CNc2ncncc2Br)C1. The number of anilines is 1. The lowest BCUT2D eigenvalue weighted by atomic mass is 9.79. The Hall–Kier alpha value is -0.680. The lowest BCUT2D eigenvalue weighted by Gasteiger charge is -2.35. The number of nitrogens with zero attached hydrogens (tertiary/aromatic N) is 2.